The van der Waals surface area contributed by atoms with Gasteiger partial charge >= 0.3 is 0 Å². The van der Waals surface area contributed by atoms with Gasteiger partial charge in [-0.2, -0.15) is 11.3 Å². The van der Waals surface area contributed by atoms with Crippen molar-refractivity contribution >= 4 is 23.2 Å². The van der Waals surface area contributed by atoms with E-state index in [4.69, 9.17) is 0 Å². The van der Waals surface area contributed by atoms with E-state index >= 15 is 0 Å². The number of carbonyl (C=O) groups is 2. The highest BCUT2D eigenvalue weighted by atomic mass is 32.1. The number of thiophene rings is 1. The summed E-state index contributed by atoms with van der Waals surface area (Å²) in [6, 6.07) is 2.09. The van der Waals surface area contributed by atoms with Gasteiger partial charge in [0.1, 0.15) is 0 Å². The van der Waals surface area contributed by atoms with Crippen molar-refractivity contribution in [2.45, 2.75) is 37.6 Å². The molecule has 132 valence electrons. The van der Waals surface area contributed by atoms with Gasteiger partial charge in [0.25, 0.3) is 0 Å². The average molecular weight is 350 g/mol. The van der Waals surface area contributed by atoms with Crippen LogP contribution in [0.3, 0.4) is 0 Å². The standard InChI is InChI=1S/C18H27N3O2S/c1-19-9-8-18(7-5-16(19)22)14-21(11-10-20(18)2)17(23)4-3-15-6-12-24-13-15/h6,12-13H,3-5,7-11,14H2,1-2H3/t18-/m1/s1. The van der Waals surface area contributed by atoms with E-state index < -0.39 is 0 Å². The van der Waals surface area contributed by atoms with Gasteiger partial charge in [-0.05, 0) is 48.7 Å². The molecule has 0 aromatic carbocycles. The monoisotopic (exact) mass is 349 g/mol. The zero-order chi connectivity index (χ0) is 17.2. The largest absolute Gasteiger partial charge is 0.346 e. The number of hydrogen-bond donors (Lipinski definition) is 0. The molecule has 0 bridgehead atoms. The van der Waals surface area contributed by atoms with E-state index in [0.29, 0.717) is 12.8 Å². The normalized spacial score (nSPS) is 26.0. The Bertz CT molecular complexity index is 589. The van der Waals surface area contributed by atoms with E-state index in [0.717, 1.165) is 45.4 Å². The summed E-state index contributed by atoms with van der Waals surface area (Å²) >= 11 is 1.68. The van der Waals surface area contributed by atoms with Gasteiger partial charge in [-0.1, -0.05) is 0 Å². The highest BCUT2D eigenvalue weighted by Crippen LogP contribution is 2.32. The number of hydrogen-bond acceptors (Lipinski definition) is 4. The minimum absolute atomic E-state index is 0.0449. The number of likely N-dealkylation sites (tertiary alicyclic amines) is 1. The summed E-state index contributed by atoms with van der Waals surface area (Å²) in [7, 11) is 4.02. The van der Waals surface area contributed by atoms with Gasteiger partial charge in [0.15, 0.2) is 0 Å². The Labute approximate surface area is 148 Å². The Balaban J connectivity index is 1.64. The fourth-order valence-corrected chi connectivity index (χ4v) is 4.52. The molecule has 2 aliphatic rings. The molecular weight excluding hydrogens is 322 g/mol. The molecule has 0 unspecified atom stereocenters. The molecule has 2 aliphatic heterocycles. The minimum Gasteiger partial charge on any atom is -0.346 e. The average Bonchev–Trinajstić information content (AvgIpc) is 3.06. The third kappa shape index (κ3) is 3.64. The van der Waals surface area contributed by atoms with Crippen LogP contribution in [0.25, 0.3) is 0 Å². The highest BCUT2D eigenvalue weighted by molar-refractivity contribution is 7.07. The molecule has 6 heteroatoms. The van der Waals surface area contributed by atoms with Gasteiger partial charge in [0, 0.05) is 51.6 Å². The molecule has 0 saturated carbocycles. The summed E-state index contributed by atoms with van der Waals surface area (Å²) in [6.07, 6.45) is 3.77. The molecule has 5 nitrogen and oxygen atoms in total. The van der Waals surface area contributed by atoms with Gasteiger partial charge in [0.2, 0.25) is 11.8 Å². The molecule has 24 heavy (non-hydrogen) atoms. The third-order valence-electron chi connectivity index (χ3n) is 5.70. The second-order valence-corrected chi connectivity index (χ2v) is 7.94. The summed E-state index contributed by atoms with van der Waals surface area (Å²) in [6.45, 7) is 3.22. The lowest BCUT2D eigenvalue weighted by Gasteiger charge is -2.49. The van der Waals surface area contributed by atoms with E-state index in [1.807, 2.05) is 16.8 Å². The summed E-state index contributed by atoms with van der Waals surface area (Å²) in [5.74, 6) is 0.471. The van der Waals surface area contributed by atoms with Crippen molar-refractivity contribution in [3.63, 3.8) is 0 Å². The Hall–Kier alpha value is -1.40. The summed E-state index contributed by atoms with van der Waals surface area (Å²) in [5, 5.41) is 4.18. The number of aryl methyl sites for hydroxylation is 1. The Kier molecular flexibility index (Phi) is 5.25. The molecular formula is C18H27N3O2S. The zero-order valence-electron chi connectivity index (χ0n) is 14.7. The lowest BCUT2D eigenvalue weighted by atomic mass is 9.86. The highest BCUT2D eigenvalue weighted by Gasteiger charge is 2.42. The van der Waals surface area contributed by atoms with Crippen LogP contribution in [-0.4, -0.2) is 72.3 Å². The second-order valence-electron chi connectivity index (χ2n) is 7.16. The molecule has 0 N–H and O–H groups in total. The van der Waals surface area contributed by atoms with Crippen molar-refractivity contribution in [1.29, 1.82) is 0 Å². The minimum atomic E-state index is -0.0449. The maximum Gasteiger partial charge on any atom is 0.223 e. The van der Waals surface area contributed by atoms with Crippen LogP contribution in [0, 0.1) is 0 Å². The van der Waals surface area contributed by atoms with Gasteiger partial charge in [-0.3, -0.25) is 14.5 Å². The van der Waals surface area contributed by atoms with Crippen molar-refractivity contribution in [1.82, 2.24) is 14.7 Å². The second kappa shape index (κ2) is 7.23. The van der Waals surface area contributed by atoms with Crippen LogP contribution in [0.5, 0.6) is 0 Å². The van der Waals surface area contributed by atoms with Crippen LogP contribution in [0.4, 0.5) is 0 Å². The summed E-state index contributed by atoms with van der Waals surface area (Å²) in [5.41, 5.74) is 1.20. The molecule has 1 aromatic heterocycles. The first-order chi connectivity index (χ1) is 11.5. The number of nitrogens with zero attached hydrogens (tertiary/aromatic N) is 3. The van der Waals surface area contributed by atoms with E-state index in [2.05, 4.69) is 28.8 Å². The van der Waals surface area contributed by atoms with E-state index in [-0.39, 0.29) is 17.4 Å². The van der Waals surface area contributed by atoms with Crippen LogP contribution in [-0.2, 0) is 16.0 Å². The molecule has 0 radical (unpaired) electrons. The maximum atomic E-state index is 12.7. The molecule has 2 saturated heterocycles. The van der Waals surface area contributed by atoms with Crippen LogP contribution in [0.2, 0.25) is 0 Å². The van der Waals surface area contributed by atoms with Gasteiger partial charge in [-0.25, -0.2) is 0 Å². The number of rotatable bonds is 3. The Morgan fingerprint density at radius 3 is 2.83 bits per heavy atom. The van der Waals surface area contributed by atoms with Gasteiger partial charge in [0.05, 0.1) is 0 Å². The molecule has 2 amide bonds. The van der Waals surface area contributed by atoms with Crippen molar-refractivity contribution in [3.8, 4) is 0 Å². The zero-order valence-corrected chi connectivity index (χ0v) is 15.5. The molecule has 3 heterocycles. The number of carbonyl (C=O) groups excluding carboxylic acids is 2. The lowest BCUT2D eigenvalue weighted by molar-refractivity contribution is -0.136. The van der Waals surface area contributed by atoms with Crippen molar-refractivity contribution in [2.24, 2.45) is 0 Å². The molecule has 1 spiro atoms. The predicted molar refractivity (Wildman–Crippen MR) is 96.1 cm³/mol. The van der Waals surface area contributed by atoms with Gasteiger partial charge < -0.3 is 9.80 Å². The molecule has 0 aliphatic carbocycles. The SMILES string of the molecule is CN1CC[C@]2(CCC1=O)CN(C(=O)CCc1ccsc1)CCN2C. The quantitative estimate of drug-likeness (QED) is 0.836. The Morgan fingerprint density at radius 2 is 2.08 bits per heavy atom. The maximum absolute atomic E-state index is 12.7. The van der Waals surface area contributed by atoms with Crippen molar-refractivity contribution < 1.29 is 9.59 Å². The fourth-order valence-electron chi connectivity index (χ4n) is 3.82. The van der Waals surface area contributed by atoms with Crippen LogP contribution >= 0.6 is 11.3 Å². The van der Waals surface area contributed by atoms with Crippen LogP contribution < -0.4 is 0 Å². The number of likely N-dealkylation sites (N-methyl/N-ethyl adjacent to an activating group) is 1. The number of piperazine rings is 1. The molecule has 3 rings (SSSR count). The van der Waals surface area contributed by atoms with Gasteiger partial charge in [-0.15, -0.1) is 0 Å². The molecule has 1 atom stereocenters. The smallest absolute Gasteiger partial charge is 0.223 e. The van der Waals surface area contributed by atoms with E-state index in [9.17, 15) is 9.59 Å². The third-order valence-corrected chi connectivity index (χ3v) is 6.44. The summed E-state index contributed by atoms with van der Waals surface area (Å²) in [4.78, 5) is 30.9. The van der Waals surface area contributed by atoms with E-state index in [1.54, 1.807) is 11.3 Å². The topological polar surface area (TPSA) is 43.9 Å². The summed E-state index contributed by atoms with van der Waals surface area (Å²) < 4.78 is 0. The van der Waals surface area contributed by atoms with E-state index in [1.165, 1.54) is 5.56 Å². The molecule has 2 fully saturated rings. The Morgan fingerprint density at radius 1 is 1.25 bits per heavy atom. The van der Waals surface area contributed by atoms with Crippen molar-refractivity contribution in [2.75, 3.05) is 40.3 Å². The van der Waals surface area contributed by atoms with Crippen LogP contribution in [0.1, 0.15) is 31.2 Å². The fraction of sp³-hybridized carbons (Fsp3) is 0.667. The first-order valence-electron chi connectivity index (χ1n) is 8.74. The number of amides is 2. The molecule has 1 aromatic rings. The first kappa shape index (κ1) is 17.4. The predicted octanol–water partition coefficient (Wildman–Crippen LogP) is 1.84. The van der Waals surface area contributed by atoms with Crippen LogP contribution in [0.15, 0.2) is 16.8 Å². The van der Waals surface area contributed by atoms with Crippen molar-refractivity contribution in [3.05, 3.63) is 22.4 Å². The lowest BCUT2D eigenvalue weighted by Crippen LogP contribution is -2.62. The first-order valence-corrected chi connectivity index (χ1v) is 9.68.